The largest absolute Gasteiger partial charge is 0.466 e. The Balaban J connectivity index is 1.79. The number of rotatable bonds is 7. The molecule has 0 aromatic heterocycles. The molecular weight excluding hydrogens is 388 g/mol. The Morgan fingerprint density at radius 1 is 1.07 bits per heavy atom. The average molecular weight is 417 g/mol. The highest BCUT2D eigenvalue weighted by Crippen LogP contribution is 2.23. The molecule has 3 rings (SSSR count). The number of nitrogens with zero attached hydrogens (tertiary/aromatic N) is 2. The molecule has 0 saturated carbocycles. The molecule has 7 heteroatoms. The molecule has 0 radical (unpaired) electrons. The molecule has 1 aliphatic heterocycles. The van der Waals surface area contributed by atoms with Crippen molar-refractivity contribution in [3.63, 3.8) is 0 Å². The minimum Gasteiger partial charge on any atom is -0.466 e. The smallest absolute Gasteiger partial charge is 0.307 e. The van der Waals surface area contributed by atoms with Crippen molar-refractivity contribution < 1.29 is 17.9 Å². The Hall–Kier alpha value is -2.22. The van der Waals surface area contributed by atoms with E-state index in [9.17, 15) is 13.2 Å². The standard InChI is InChI=1S/C22H28N2O4S/c1-3-28-22(25)15-20-17-24(29(26,27)21-11-9-18(2)10-12-21)14-13-23(20)16-19-7-5-4-6-8-19/h4-12,20H,3,13-17H2,1-2H3. The van der Waals surface area contributed by atoms with Gasteiger partial charge in [0.1, 0.15) is 0 Å². The van der Waals surface area contributed by atoms with Crippen LogP contribution < -0.4 is 0 Å². The summed E-state index contributed by atoms with van der Waals surface area (Å²) < 4.78 is 32.8. The van der Waals surface area contributed by atoms with Gasteiger partial charge in [-0.15, -0.1) is 0 Å². The highest BCUT2D eigenvalue weighted by Gasteiger charge is 2.35. The summed E-state index contributed by atoms with van der Waals surface area (Å²) in [6, 6.07) is 16.6. The quantitative estimate of drug-likeness (QED) is 0.650. The van der Waals surface area contributed by atoms with E-state index in [0.717, 1.165) is 11.1 Å². The summed E-state index contributed by atoms with van der Waals surface area (Å²) in [5.41, 5.74) is 2.15. The van der Waals surface area contributed by atoms with E-state index < -0.39 is 10.0 Å². The molecule has 6 nitrogen and oxygen atoms in total. The third kappa shape index (κ3) is 5.44. The number of carbonyl (C=O) groups is 1. The first-order chi connectivity index (χ1) is 13.9. The van der Waals surface area contributed by atoms with Crippen molar-refractivity contribution in [3.8, 4) is 0 Å². The molecule has 29 heavy (non-hydrogen) atoms. The van der Waals surface area contributed by atoms with E-state index in [4.69, 9.17) is 4.74 Å². The summed E-state index contributed by atoms with van der Waals surface area (Å²) in [4.78, 5) is 14.6. The summed E-state index contributed by atoms with van der Waals surface area (Å²) in [6.45, 7) is 5.90. The molecule has 1 fully saturated rings. The number of hydrogen-bond acceptors (Lipinski definition) is 5. The first-order valence-corrected chi connectivity index (χ1v) is 11.3. The number of aryl methyl sites for hydroxylation is 1. The second-order valence-corrected chi connectivity index (χ2v) is 9.23. The third-order valence-electron chi connectivity index (χ3n) is 5.16. The highest BCUT2D eigenvalue weighted by atomic mass is 32.2. The molecule has 1 heterocycles. The number of benzene rings is 2. The maximum absolute atomic E-state index is 13.1. The SMILES string of the molecule is CCOC(=O)CC1CN(S(=O)(=O)c2ccc(C)cc2)CCN1Cc1ccccc1. The molecule has 0 spiro atoms. The molecular formula is C22H28N2O4S. The summed E-state index contributed by atoms with van der Waals surface area (Å²) in [6.07, 6.45) is 0.167. The van der Waals surface area contributed by atoms with E-state index in [2.05, 4.69) is 4.90 Å². The minimum atomic E-state index is -3.60. The topological polar surface area (TPSA) is 66.9 Å². The van der Waals surface area contributed by atoms with Gasteiger partial charge >= 0.3 is 5.97 Å². The van der Waals surface area contributed by atoms with Gasteiger partial charge in [-0.1, -0.05) is 48.0 Å². The van der Waals surface area contributed by atoms with Crippen LogP contribution in [0.25, 0.3) is 0 Å². The Kier molecular flexibility index (Phi) is 7.05. The van der Waals surface area contributed by atoms with Gasteiger partial charge in [-0.2, -0.15) is 4.31 Å². The van der Waals surface area contributed by atoms with E-state index in [0.29, 0.717) is 26.2 Å². The zero-order valence-electron chi connectivity index (χ0n) is 17.0. The van der Waals surface area contributed by atoms with Crippen LogP contribution in [0.1, 0.15) is 24.5 Å². The first kappa shape index (κ1) is 21.5. The van der Waals surface area contributed by atoms with Gasteiger partial charge in [0, 0.05) is 32.2 Å². The van der Waals surface area contributed by atoms with Crippen molar-refractivity contribution in [2.24, 2.45) is 0 Å². The zero-order valence-corrected chi connectivity index (χ0v) is 17.8. The van der Waals surface area contributed by atoms with E-state index in [-0.39, 0.29) is 29.9 Å². The van der Waals surface area contributed by atoms with Crippen molar-refractivity contribution in [1.29, 1.82) is 0 Å². The van der Waals surface area contributed by atoms with Crippen LogP contribution in [-0.2, 0) is 26.1 Å². The summed E-state index contributed by atoms with van der Waals surface area (Å²) >= 11 is 0. The molecule has 0 bridgehead atoms. The molecule has 156 valence electrons. The van der Waals surface area contributed by atoms with Gasteiger partial charge in [0.2, 0.25) is 10.0 Å². The first-order valence-electron chi connectivity index (χ1n) is 9.90. The van der Waals surface area contributed by atoms with E-state index in [1.165, 1.54) is 4.31 Å². The fraction of sp³-hybridized carbons (Fsp3) is 0.409. The van der Waals surface area contributed by atoms with Crippen LogP contribution >= 0.6 is 0 Å². The number of ether oxygens (including phenoxy) is 1. The summed E-state index contributed by atoms with van der Waals surface area (Å²) in [5, 5.41) is 0. The molecule has 1 saturated heterocycles. The Morgan fingerprint density at radius 3 is 2.41 bits per heavy atom. The number of sulfonamides is 1. The predicted octanol–water partition coefficient (Wildman–Crippen LogP) is 2.82. The van der Waals surface area contributed by atoms with Crippen molar-refractivity contribution >= 4 is 16.0 Å². The van der Waals surface area contributed by atoms with Crippen LogP contribution in [0, 0.1) is 6.92 Å². The summed E-state index contributed by atoms with van der Waals surface area (Å²) in [5.74, 6) is -0.301. The van der Waals surface area contributed by atoms with Crippen LogP contribution in [0.15, 0.2) is 59.5 Å². The molecule has 1 atom stereocenters. The number of piperazine rings is 1. The third-order valence-corrected chi connectivity index (χ3v) is 7.04. The van der Waals surface area contributed by atoms with Gasteiger partial charge in [-0.3, -0.25) is 9.69 Å². The maximum atomic E-state index is 13.1. The molecule has 2 aromatic rings. The van der Waals surface area contributed by atoms with Gasteiger partial charge in [0.15, 0.2) is 0 Å². The number of carbonyl (C=O) groups excluding carboxylic acids is 1. The van der Waals surface area contributed by atoms with Gasteiger partial charge < -0.3 is 4.74 Å². The number of hydrogen-bond donors (Lipinski definition) is 0. The molecule has 0 N–H and O–H groups in total. The van der Waals surface area contributed by atoms with Gasteiger partial charge in [0.05, 0.1) is 17.9 Å². The van der Waals surface area contributed by atoms with E-state index in [1.807, 2.05) is 37.3 Å². The van der Waals surface area contributed by atoms with Crippen LogP contribution in [0.5, 0.6) is 0 Å². The molecule has 2 aromatic carbocycles. The fourth-order valence-electron chi connectivity index (χ4n) is 3.57. The minimum absolute atomic E-state index is 0.167. The van der Waals surface area contributed by atoms with Crippen LogP contribution in [-0.4, -0.2) is 55.9 Å². The van der Waals surface area contributed by atoms with Gasteiger partial charge in [-0.05, 0) is 31.5 Å². The number of esters is 1. The lowest BCUT2D eigenvalue weighted by Gasteiger charge is -2.40. The lowest BCUT2D eigenvalue weighted by atomic mass is 10.1. The summed E-state index contributed by atoms with van der Waals surface area (Å²) in [7, 11) is -3.60. The van der Waals surface area contributed by atoms with Crippen LogP contribution in [0.4, 0.5) is 0 Å². The van der Waals surface area contributed by atoms with Crippen molar-refractivity contribution in [2.75, 3.05) is 26.2 Å². The second-order valence-electron chi connectivity index (χ2n) is 7.30. The van der Waals surface area contributed by atoms with Gasteiger partial charge in [-0.25, -0.2) is 8.42 Å². The maximum Gasteiger partial charge on any atom is 0.307 e. The monoisotopic (exact) mass is 416 g/mol. The Bertz CT molecular complexity index is 914. The lowest BCUT2D eigenvalue weighted by molar-refractivity contribution is -0.145. The van der Waals surface area contributed by atoms with Crippen molar-refractivity contribution in [3.05, 3.63) is 65.7 Å². The zero-order chi connectivity index (χ0) is 20.9. The van der Waals surface area contributed by atoms with Crippen molar-refractivity contribution in [2.45, 2.75) is 37.8 Å². The van der Waals surface area contributed by atoms with Gasteiger partial charge in [0.25, 0.3) is 0 Å². The Labute approximate surface area is 173 Å². The molecule has 1 aliphatic rings. The normalized spacial score (nSPS) is 18.5. The average Bonchev–Trinajstić information content (AvgIpc) is 2.70. The molecule has 0 amide bonds. The van der Waals surface area contributed by atoms with E-state index >= 15 is 0 Å². The predicted molar refractivity (Wildman–Crippen MR) is 112 cm³/mol. The highest BCUT2D eigenvalue weighted by molar-refractivity contribution is 7.89. The molecule has 1 unspecified atom stereocenters. The van der Waals surface area contributed by atoms with Crippen LogP contribution in [0.2, 0.25) is 0 Å². The lowest BCUT2D eigenvalue weighted by Crippen LogP contribution is -2.54. The van der Waals surface area contributed by atoms with Crippen molar-refractivity contribution in [1.82, 2.24) is 9.21 Å². The van der Waals surface area contributed by atoms with Crippen LogP contribution in [0.3, 0.4) is 0 Å². The Morgan fingerprint density at radius 2 is 1.76 bits per heavy atom. The molecule has 0 aliphatic carbocycles. The van der Waals surface area contributed by atoms with E-state index in [1.54, 1.807) is 31.2 Å². The second kappa shape index (κ2) is 9.52. The fourth-order valence-corrected chi connectivity index (χ4v) is 5.04.